The van der Waals surface area contributed by atoms with E-state index >= 15 is 0 Å². The van der Waals surface area contributed by atoms with E-state index in [9.17, 15) is 4.79 Å². The highest BCUT2D eigenvalue weighted by atomic mass is 35.5. The number of nitrogens with zero attached hydrogens (tertiary/aromatic N) is 1. The number of nitrogens with one attached hydrogen (secondary N) is 3. The predicted molar refractivity (Wildman–Crippen MR) is 101 cm³/mol. The maximum Gasteiger partial charge on any atom is 0.282 e. The van der Waals surface area contributed by atoms with Gasteiger partial charge in [-0.15, -0.1) is 0 Å². The lowest BCUT2D eigenvalue weighted by atomic mass is 10.2. The van der Waals surface area contributed by atoms with E-state index in [4.69, 9.17) is 27.7 Å². The van der Waals surface area contributed by atoms with Gasteiger partial charge in [-0.25, -0.2) is 0 Å². The molecule has 140 valence electrons. The Kier molecular flexibility index (Phi) is 6.19. The third-order valence-electron chi connectivity index (χ3n) is 4.90. The SMILES string of the molecule is Cc1cc(C[NH+]2CC[NH+]([C@H](C)C(=O)Nc3cc(Cl)ccc3Cl)CC2)no1. The van der Waals surface area contributed by atoms with Crippen molar-refractivity contribution in [2.75, 3.05) is 31.5 Å². The molecule has 2 heterocycles. The van der Waals surface area contributed by atoms with Crippen molar-refractivity contribution in [1.82, 2.24) is 5.16 Å². The summed E-state index contributed by atoms with van der Waals surface area (Å²) >= 11 is 12.1. The lowest BCUT2D eigenvalue weighted by Gasteiger charge is -2.32. The molecule has 0 spiro atoms. The Labute approximate surface area is 163 Å². The molecule has 26 heavy (non-hydrogen) atoms. The minimum absolute atomic E-state index is 0.0419. The van der Waals surface area contributed by atoms with Crippen LogP contribution in [0.3, 0.4) is 0 Å². The summed E-state index contributed by atoms with van der Waals surface area (Å²) in [6.45, 7) is 8.58. The van der Waals surface area contributed by atoms with E-state index in [1.165, 1.54) is 9.80 Å². The van der Waals surface area contributed by atoms with Crippen LogP contribution < -0.4 is 15.1 Å². The zero-order chi connectivity index (χ0) is 18.7. The molecule has 1 fully saturated rings. The summed E-state index contributed by atoms with van der Waals surface area (Å²) in [5, 5.41) is 8.00. The molecule has 1 aliphatic rings. The zero-order valence-electron chi connectivity index (χ0n) is 14.9. The zero-order valence-corrected chi connectivity index (χ0v) is 16.5. The van der Waals surface area contributed by atoms with Crippen LogP contribution in [0.25, 0.3) is 0 Å². The standard InChI is InChI=1S/C18H22Cl2N4O2/c1-12-9-15(22-26-12)11-23-5-7-24(8-6-23)13(2)18(25)21-17-10-14(19)3-4-16(17)20/h3-4,9-10,13H,5-8,11H2,1-2H3,(H,21,25)/p+2/t13-/m1/s1. The Morgan fingerprint density at radius 3 is 2.65 bits per heavy atom. The van der Waals surface area contributed by atoms with Crippen LogP contribution in [-0.2, 0) is 11.3 Å². The van der Waals surface area contributed by atoms with Crippen LogP contribution in [0.5, 0.6) is 0 Å². The van der Waals surface area contributed by atoms with E-state index in [1.54, 1.807) is 18.2 Å². The second-order valence-electron chi connectivity index (χ2n) is 6.85. The highest BCUT2D eigenvalue weighted by molar-refractivity contribution is 6.35. The molecule has 8 heteroatoms. The Bertz CT molecular complexity index is 772. The molecule has 1 saturated heterocycles. The molecule has 6 nitrogen and oxygen atoms in total. The fourth-order valence-corrected chi connectivity index (χ4v) is 3.65. The monoisotopic (exact) mass is 398 g/mol. The van der Waals surface area contributed by atoms with Gasteiger partial charge in [0.25, 0.3) is 5.91 Å². The molecule has 3 N–H and O–H groups in total. The van der Waals surface area contributed by atoms with E-state index in [0.29, 0.717) is 15.7 Å². The van der Waals surface area contributed by atoms with Crippen LogP contribution in [0.2, 0.25) is 10.0 Å². The first-order valence-corrected chi connectivity index (χ1v) is 9.54. The minimum Gasteiger partial charge on any atom is -0.361 e. The molecule has 1 aliphatic heterocycles. The first kappa shape index (κ1) is 19.2. The number of carbonyl (C=O) groups is 1. The van der Waals surface area contributed by atoms with Crippen molar-refractivity contribution in [1.29, 1.82) is 0 Å². The second-order valence-corrected chi connectivity index (χ2v) is 7.69. The number of hydrogen-bond donors (Lipinski definition) is 3. The minimum atomic E-state index is -0.152. The third-order valence-corrected chi connectivity index (χ3v) is 5.46. The van der Waals surface area contributed by atoms with Gasteiger partial charge >= 0.3 is 0 Å². The summed E-state index contributed by atoms with van der Waals surface area (Å²) in [4.78, 5) is 15.3. The van der Waals surface area contributed by atoms with E-state index in [0.717, 1.165) is 44.2 Å². The van der Waals surface area contributed by atoms with Crippen LogP contribution in [0.1, 0.15) is 18.4 Å². The van der Waals surface area contributed by atoms with E-state index < -0.39 is 0 Å². The molecule has 0 bridgehead atoms. The summed E-state index contributed by atoms with van der Waals surface area (Å²) in [5.41, 5.74) is 1.54. The number of halogens is 2. The van der Waals surface area contributed by atoms with Crippen LogP contribution in [0, 0.1) is 6.92 Å². The van der Waals surface area contributed by atoms with Crippen molar-refractivity contribution in [3.05, 3.63) is 45.8 Å². The van der Waals surface area contributed by atoms with Crippen molar-refractivity contribution in [3.63, 3.8) is 0 Å². The number of anilines is 1. The van der Waals surface area contributed by atoms with E-state index in [2.05, 4.69) is 10.5 Å². The Hall–Kier alpha value is -1.60. The van der Waals surface area contributed by atoms with E-state index in [-0.39, 0.29) is 11.9 Å². The van der Waals surface area contributed by atoms with Gasteiger partial charge in [0.2, 0.25) is 0 Å². The second kappa shape index (κ2) is 8.39. The normalized spacial score (nSPS) is 21.4. The molecule has 0 radical (unpaired) electrons. The summed E-state index contributed by atoms with van der Waals surface area (Å²) in [6.07, 6.45) is 0. The lowest BCUT2D eigenvalue weighted by Crippen LogP contribution is -3.29. The number of quaternary nitrogens is 2. The molecule has 2 aromatic rings. The molecule has 0 saturated carbocycles. The molecule has 3 rings (SSSR count). The van der Waals surface area contributed by atoms with Gasteiger partial charge < -0.3 is 19.6 Å². The number of benzene rings is 1. The average Bonchev–Trinajstić information content (AvgIpc) is 3.03. The maximum absolute atomic E-state index is 12.6. The van der Waals surface area contributed by atoms with Crippen LogP contribution >= 0.6 is 23.2 Å². The van der Waals surface area contributed by atoms with Gasteiger partial charge in [-0.05, 0) is 32.0 Å². The van der Waals surface area contributed by atoms with Crippen molar-refractivity contribution in [3.8, 4) is 0 Å². The van der Waals surface area contributed by atoms with Gasteiger partial charge in [-0.1, -0.05) is 28.4 Å². The van der Waals surface area contributed by atoms with Gasteiger partial charge in [0, 0.05) is 11.1 Å². The first-order chi connectivity index (χ1) is 12.4. The van der Waals surface area contributed by atoms with Crippen molar-refractivity contribution >= 4 is 34.8 Å². The van der Waals surface area contributed by atoms with Gasteiger partial charge in [0.1, 0.15) is 44.2 Å². The summed E-state index contributed by atoms with van der Waals surface area (Å²) in [5.74, 6) is 0.799. The molecule has 1 atom stereocenters. The highest BCUT2D eigenvalue weighted by Gasteiger charge is 2.31. The molecule has 0 aliphatic carbocycles. The number of hydrogen-bond acceptors (Lipinski definition) is 3. The molecule has 1 aromatic carbocycles. The third kappa shape index (κ3) is 4.76. The number of piperazine rings is 1. The smallest absolute Gasteiger partial charge is 0.282 e. The van der Waals surface area contributed by atoms with Gasteiger partial charge in [0.05, 0.1) is 10.7 Å². The largest absolute Gasteiger partial charge is 0.361 e. The number of aryl methyl sites for hydroxylation is 1. The Morgan fingerprint density at radius 2 is 2.00 bits per heavy atom. The number of carbonyl (C=O) groups excluding carboxylic acids is 1. The predicted octanol–water partition coefficient (Wildman–Crippen LogP) is 0.600. The van der Waals surface area contributed by atoms with Crippen molar-refractivity contribution in [2.24, 2.45) is 0 Å². The lowest BCUT2D eigenvalue weighted by molar-refractivity contribution is -1.02. The van der Waals surface area contributed by atoms with Crippen LogP contribution in [-0.4, -0.2) is 43.3 Å². The summed E-state index contributed by atoms with van der Waals surface area (Å²) < 4.78 is 5.13. The van der Waals surface area contributed by atoms with Crippen molar-refractivity contribution in [2.45, 2.75) is 26.4 Å². The van der Waals surface area contributed by atoms with Gasteiger partial charge in [0.15, 0.2) is 6.04 Å². The van der Waals surface area contributed by atoms with Crippen LogP contribution in [0.4, 0.5) is 5.69 Å². The van der Waals surface area contributed by atoms with Crippen molar-refractivity contribution < 1.29 is 19.1 Å². The number of rotatable bonds is 5. The highest BCUT2D eigenvalue weighted by Crippen LogP contribution is 2.25. The number of amides is 1. The first-order valence-electron chi connectivity index (χ1n) is 8.78. The number of aromatic nitrogens is 1. The topological polar surface area (TPSA) is 64.0 Å². The molecular weight excluding hydrogens is 375 g/mol. The van der Waals surface area contributed by atoms with Gasteiger partial charge in [-0.3, -0.25) is 4.79 Å². The average molecular weight is 399 g/mol. The fourth-order valence-electron chi connectivity index (χ4n) is 3.31. The quantitative estimate of drug-likeness (QED) is 0.690. The van der Waals surface area contributed by atoms with Gasteiger partial charge in [-0.2, -0.15) is 0 Å². The molecular formula is C18H24Cl2N4O2+2. The maximum atomic E-state index is 12.6. The Balaban J connectivity index is 1.51. The Morgan fingerprint density at radius 1 is 1.27 bits per heavy atom. The van der Waals surface area contributed by atoms with Crippen LogP contribution in [0.15, 0.2) is 28.8 Å². The fraction of sp³-hybridized carbons (Fsp3) is 0.444. The molecule has 0 unspecified atom stereocenters. The summed E-state index contributed by atoms with van der Waals surface area (Å²) in [6, 6.07) is 6.89. The molecule has 1 aromatic heterocycles. The summed E-state index contributed by atoms with van der Waals surface area (Å²) in [7, 11) is 0. The molecule has 1 amide bonds. The van der Waals surface area contributed by atoms with E-state index in [1.807, 2.05) is 19.9 Å².